The monoisotopic (exact) mass is 360 g/mol. The van der Waals surface area contributed by atoms with Crippen molar-refractivity contribution >= 4 is 35.0 Å². The van der Waals surface area contributed by atoms with Gasteiger partial charge in [-0.1, -0.05) is 78.3 Å². The molecule has 28 heavy (non-hydrogen) atoms. The molecular formula is C24H17BN2O. The Hall–Kier alpha value is -3.66. The van der Waals surface area contributed by atoms with E-state index in [-0.39, 0.29) is 5.56 Å². The molecular weight excluding hydrogens is 343 g/mol. The Morgan fingerprint density at radius 1 is 0.714 bits per heavy atom. The molecule has 4 aromatic carbocycles. The molecule has 5 rings (SSSR count). The van der Waals surface area contributed by atoms with Gasteiger partial charge in [0.15, 0.2) is 0 Å². The minimum Gasteiger partial charge on any atom is -0.268 e. The number of nitrogens with zero attached hydrogens (tertiary/aromatic N) is 2. The van der Waals surface area contributed by atoms with Gasteiger partial charge in [0.05, 0.1) is 16.6 Å². The molecule has 3 nitrogen and oxygen atoms in total. The van der Waals surface area contributed by atoms with E-state index >= 15 is 0 Å². The van der Waals surface area contributed by atoms with Crippen LogP contribution in [0.2, 0.25) is 0 Å². The quantitative estimate of drug-likeness (QED) is 0.357. The number of benzene rings is 4. The summed E-state index contributed by atoms with van der Waals surface area (Å²) in [4.78, 5) is 18.6. The van der Waals surface area contributed by atoms with Gasteiger partial charge in [-0.3, -0.25) is 9.36 Å². The second kappa shape index (κ2) is 6.50. The lowest BCUT2D eigenvalue weighted by atomic mass is 9.95. The highest BCUT2D eigenvalue weighted by atomic mass is 16.1. The zero-order valence-electron chi connectivity index (χ0n) is 15.5. The smallest absolute Gasteiger partial charge is 0.266 e. The summed E-state index contributed by atoms with van der Waals surface area (Å²) in [5.41, 5.74) is 3.58. The second-order valence-electron chi connectivity index (χ2n) is 6.96. The molecule has 0 radical (unpaired) electrons. The molecule has 5 aromatic rings. The van der Waals surface area contributed by atoms with Gasteiger partial charge in [0.1, 0.15) is 13.7 Å². The summed E-state index contributed by atoms with van der Waals surface area (Å²) in [5.74, 6) is 0.653. The highest BCUT2D eigenvalue weighted by molar-refractivity contribution is 6.32. The lowest BCUT2D eigenvalue weighted by molar-refractivity contribution is 0.977. The summed E-state index contributed by atoms with van der Waals surface area (Å²) in [7, 11) is 2.05. The van der Waals surface area contributed by atoms with E-state index in [2.05, 4.69) is 7.85 Å². The molecule has 0 aliphatic rings. The first-order valence-electron chi connectivity index (χ1n) is 9.29. The summed E-state index contributed by atoms with van der Waals surface area (Å²) in [6.45, 7) is 0. The number of fused-ring (bicyclic) bond motifs is 3. The van der Waals surface area contributed by atoms with Crippen LogP contribution in [0.1, 0.15) is 0 Å². The van der Waals surface area contributed by atoms with Crippen LogP contribution in [0, 0.1) is 0 Å². The van der Waals surface area contributed by atoms with Gasteiger partial charge in [0, 0.05) is 10.9 Å². The molecule has 0 fully saturated rings. The number of para-hydroxylation sites is 1. The fraction of sp³-hybridized carbons (Fsp3) is 0. The minimum atomic E-state index is -0.0578. The van der Waals surface area contributed by atoms with Crippen molar-refractivity contribution < 1.29 is 0 Å². The number of hydrogen-bond donors (Lipinski definition) is 0. The van der Waals surface area contributed by atoms with Crippen LogP contribution in [0.3, 0.4) is 0 Å². The van der Waals surface area contributed by atoms with Crippen molar-refractivity contribution in [2.24, 2.45) is 0 Å². The Balaban J connectivity index is 1.95. The molecule has 4 heteroatoms. The third kappa shape index (κ3) is 2.62. The summed E-state index contributed by atoms with van der Waals surface area (Å²) in [6.07, 6.45) is 0. The highest BCUT2D eigenvalue weighted by Gasteiger charge is 2.15. The lowest BCUT2D eigenvalue weighted by Crippen LogP contribution is -2.22. The van der Waals surface area contributed by atoms with E-state index in [0.29, 0.717) is 11.2 Å². The van der Waals surface area contributed by atoms with Crippen LogP contribution in [0.25, 0.3) is 38.8 Å². The molecule has 132 valence electrons. The fourth-order valence-corrected chi connectivity index (χ4v) is 3.63. The van der Waals surface area contributed by atoms with E-state index in [1.807, 2.05) is 91.0 Å². The summed E-state index contributed by atoms with van der Waals surface area (Å²) in [5, 5.41) is 2.69. The maximum absolute atomic E-state index is 13.6. The molecule has 1 heterocycles. The van der Waals surface area contributed by atoms with Crippen LogP contribution in [0.4, 0.5) is 0 Å². The minimum absolute atomic E-state index is 0.0578. The molecule has 1 aromatic heterocycles. The van der Waals surface area contributed by atoms with Crippen molar-refractivity contribution in [3.63, 3.8) is 0 Å². The van der Waals surface area contributed by atoms with Crippen LogP contribution in [-0.2, 0) is 0 Å². The fourth-order valence-electron chi connectivity index (χ4n) is 3.63. The molecule has 0 saturated carbocycles. The maximum Gasteiger partial charge on any atom is 0.266 e. The van der Waals surface area contributed by atoms with Gasteiger partial charge >= 0.3 is 0 Å². The molecule has 0 aliphatic carbocycles. The number of hydrogen-bond acceptors (Lipinski definition) is 2. The standard InChI is InChI=1S/C24H17BN2O/c25-18-13-10-17(11-14-18)23-26-22-20-9-5-4-6-16(20)12-15-21(22)24(28)27(23)19-7-2-1-3-8-19/h1-15H,25H2. The third-order valence-corrected chi connectivity index (χ3v) is 5.09. The van der Waals surface area contributed by atoms with Gasteiger partial charge < -0.3 is 0 Å². The molecule has 0 amide bonds. The topological polar surface area (TPSA) is 34.9 Å². The van der Waals surface area contributed by atoms with E-state index in [0.717, 1.165) is 27.5 Å². The van der Waals surface area contributed by atoms with Gasteiger partial charge in [-0.05, 0) is 23.6 Å². The van der Waals surface area contributed by atoms with Crippen molar-refractivity contribution in [3.05, 3.63) is 101 Å². The first kappa shape index (κ1) is 16.5. The Bertz CT molecular complexity index is 1370. The van der Waals surface area contributed by atoms with Crippen molar-refractivity contribution in [1.29, 1.82) is 0 Å². The van der Waals surface area contributed by atoms with E-state index in [4.69, 9.17) is 4.98 Å². The molecule has 0 aliphatic heterocycles. The van der Waals surface area contributed by atoms with Crippen LogP contribution < -0.4 is 11.0 Å². The Morgan fingerprint density at radius 2 is 1.43 bits per heavy atom. The van der Waals surface area contributed by atoms with Crippen LogP contribution in [0.15, 0.2) is 95.8 Å². The third-order valence-electron chi connectivity index (χ3n) is 5.09. The lowest BCUT2D eigenvalue weighted by Gasteiger charge is -2.15. The molecule has 0 spiro atoms. The van der Waals surface area contributed by atoms with Gasteiger partial charge in [0.25, 0.3) is 5.56 Å². The number of rotatable bonds is 2. The zero-order valence-corrected chi connectivity index (χ0v) is 15.5. The van der Waals surface area contributed by atoms with E-state index in [1.165, 1.54) is 5.46 Å². The van der Waals surface area contributed by atoms with Crippen molar-refractivity contribution in [3.8, 4) is 17.1 Å². The van der Waals surface area contributed by atoms with Crippen LogP contribution in [0.5, 0.6) is 0 Å². The SMILES string of the molecule is Bc1ccc(-c2nc3c(ccc4ccccc43)c(=O)n2-c2ccccc2)cc1. The van der Waals surface area contributed by atoms with Gasteiger partial charge in [-0.25, -0.2) is 4.98 Å². The van der Waals surface area contributed by atoms with Crippen LogP contribution >= 0.6 is 0 Å². The Morgan fingerprint density at radius 3 is 2.21 bits per heavy atom. The molecule has 0 bridgehead atoms. The summed E-state index contributed by atoms with van der Waals surface area (Å²) < 4.78 is 1.71. The number of aromatic nitrogens is 2. The highest BCUT2D eigenvalue weighted by Crippen LogP contribution is 2.26. The summed E-state index contributed by atoms with van der Waals surface area (Å²) in [6, 6.07) is 29.8. The maximum atomic E-state index is 13.6. The van der Waals surface area contributed by atoms with Gasteiger partial charge in [-0.2, -0.15) is 0 Å². The predicted octanol–water partition coefficient (Wildman–Crippen LogP) is 3.46. The van der Waals surface area contributed by atoms with Crippen molar-refractivity contribution in [2.75, 3.05) is 0 Å². The average molecular weight is 360 g/mol. The second-order valence-corrected chi connectivity index (χ2v) is 6.96. The molecule has 0 unspecified atom stereocenters. The van der Waals surface area contributed by atoms with Crippen molar-refractivity contribution in [1.82, 2.24) is 9.55 Å². The van der Waals surface area contributed by atoms with Crippen LogP contribution in [-0.4, -0.2) is 17.4 Å². The Kier molecular flexibility index (Phi) is 3.83. The van der Waals surface area contributed by atoms with E-state index < -0.39 is 0 Å². The Labute approximate surface area is 163 Å². The normalized spacial score (nSPS) is 11.1. The molecule has 0 N–H and O–H groups in total. The molecule has 0 saturated heterocycles. The van der Waals surface area contributed by atoms with E-state index in [1.54, 1.807) is 4.57 Å². The average Bonchev–Trinajstić information content (AvgIpc) is 2.74. The van der Waals surface area contributed by atoms with Gasteiger partial charge in [0.2, 0.25) is 0 Å². The largest absolute Gasteiger partial charge is 0.268 e. The van der Waals surface area contributed by atoms with E-state index in [9.17, 15) is 4.79 Å². The molecule has 0 atom stereocenters. The first-order chi connectivity index (χ1) is 13.7. The summed E-state index contributed by atoms with van der Waals surface area (Å²) >= 11 is 0. The first-order valence-corrected chi connectivity index (χ1v) is 9.29. The predicted molar refractivity (Wildman–Crippen MR) is 118 cm³/mol. The van der Waals surface area contributed by atoms with Crippen molar-refractivity contribution in [2.45, 2.75) is 0 Å². The van der Waals surface area contributed by atoms with Gasteiger partial charge in [-0.15, -0.1) is 0 Å². The zero-order chi connectivity index (χ0) is 19.1.